The Morgan fingerprint density at radius 3 is 2.89 bits per heavy atom. The summed E-state index contributed by atoms with van der Waals surface area (Å²) < 4.78 is 6.49. The normalized spacial score (nSPS) is 10.3. The molecule has 0 atom stereocenters. The summed E-state index contributed by atoms with van der Waals surface area (Å²) in [5.41, 5.74) is 3.55. The summed E-state index contributed by atoms with van der Waals surface area (Å²) in [4.78, 5) is 11.4. The number of rotatable bonds is 4. The van der Waals surface area contributed by atoms with E-state index in [0.717, 1.165) is 16.9 Å². The Bertz CT molecular complexity index is 590. The van der Waals surface area contributed by atoms with Crippen molar-refractivity contribution in [3.8, 4) is 0 Å². The molecule has 100 valence electrons. The van der Waals surface area contributed by atoms with Gasteiger partial charge in [0.2, 0.25) is 0 Å². The Balaban J connectivity index is 2.07. The van der Waals surface area contributed by atoms with Crippen LogP contribution >= 0.6 is 0 Å². The number of hydrogen-bond donors (Lipinski definition) is 1. The van der Waals surface area contributed by atoms with E-state index < -0.39 is 0 Å². The number of nitrogens with one attached hydrogen (secondary N) is 1. The average molecular weight is 259 g/mol. The van der Waals surface area contributed by atoms with Gasteiger partial charge in [0.25, 0.3) is 0 Å². The number of methoxy groups -OCH3 is 1. The molecular weight excluding hydrogens is 242 g/mol. The van der Waals surface area contributed by atoms with Gasteiger partial charge in [-0.25, -0.2) is 4.79 Å². The maximum Gasteiger partial charge on any atom is 0.337 e. The molecular formula is C14H17N3O2. The summed E-state index contributed by atoms with van der Waals surface area (Å²) in [5, 5.41) is 7.56. The highest BCUT2D eigenvalue weighted by Gasteiger charge is 2.06. The number of esters is 1. The van der Waals surface area contributed by atoms with E-state index in [9.17, 15) is 4.79 Å². The minimum atomic E-state index is -0.332. The molecule has 0 aliphatic heterocycles. The molecule has 0 aliphatic rings. The van der Waals surface area contributed by atoms with Crippen LogP contribution in [0.2, 0.25) is 0 Å². The smallest absolute Gasteiger partial charge is 0.337 e. The van der Waals surface area contributed by atoms with Crippen LogP contribution in [0.25, 0.3) is 0 Å². The Labute approximate surface area is 112 Å². The van der Waals surface area contributed by atoms with Crippen LogP contribution in [0.1, 0.15) is 21.6 Å². The third-order valence-electron chi connectivity index (χ3n) is 2.88. The predicted molar refractivity (Wildman–Crippen MR) is 73.1 cm³/mol. The number of ether oxygens (including phenoxy) is 1. The quantitative estimate of drug-likeness (QED) is 0.855. The SMILES string of the molecule is COC(=O)c1cccc(NCc2cn(C)nc2C)c1. The molecule has 2 rings (SSSR count). The minimum Gasteiger partial charge on any atom is -0.465 e. The Hall–Kier alpha value is -2.30. The monoisotopic (exact) mass is 259 g/mol. The summed E-state index contributed by atoms with van der Waals surface area (Å²) in [6.07, 6.45) is 1.98. The number of aryl methyl sites for hydroxylation is 2. The van der Waals surface area contributed by atoms with Crippen molar-refractivity contribution in [2.75, 3.05) is 12.4 Å². The third-order valence-corrected chi connectivity index (χ3v) is 2.88. The van der Waals surface area contributed by atoms with E-state index >= 15 is 0 Å². The first-order valence-corrected chi connectivity index (χ1v) is 6.01. The highest BCUT2D eigenvalue weighted by molar-refractivity contribution is 5.90. The molecule has 0 saturated heterocycles. The van der Waals surface area contributed by atoms with Gasteiger partial charge in [-0.3, -0.25) is 4.68 Å². The van der Waals surface area contributed by atoms with Gasteiger partial charge in [0.1, 0.15) is 0 Å². The van der Waals surface area contributed by atoms with Crippen LogP contribution in [0.4, 0.5) is 5.69 Å². The van der Waals surface area contributed by atoms with E-state index in [2.05, 4.69) is 10.4 Å². The molecule has 0 unspecified atom stereocenters. The molecule has 2 aromatic rings. The topological polar surface area (TPSA) is 56.1 Å². The van der Waals surface area contributed by atoms with Crippen LogP contribution < -0.4 is 5.32 Å². The Kier molecular flexibility index (Phi) is 3.85. The molecule has 19 heavy (non-hydrogen) atoms. The molecule has 0 aliphatic carbocycles. The Morgan fingerprint density at radius 1 is 1.47 bits per heavy atom. The van der Waals surface area contributed by atoms with Crippen molar-refractivity contribution in [1.29, 1.82) is 0 Å². The van der Waals surface area contributed by atoms with Crippen molar-refractivity contribution in [1.82, 2.24) is 9.78 Å². The van der Waals surface area contributed by atoms with E-state index in [4.69, 9.17) is 4.74 Å². The summed E-state index contributed by atoms with van der Waals surface area (Å²) in [6, 6.07) is 7.24. The summed E-state index contributed by atoms with van der Waals surface area (Å²) >= 11 is 0. The number of benzene rings is 1. The van der Waals surface area contributed by atoms with E-state index in [-0.39, 0.29) is 5.97 Å². The first-order chi connectivity index (χ1) is 9.10. The van der Waals surface area contributed by atoms with Crippen molar-refractivity contribution < 1.29 is 9.53 Å². The van der Waals surface area contributed by atoms with Crippen LogP contribution in [-0.4, -0.2) is 22.9 Å². The van der Waals surface area contributed by atoms with Crippen molar-refractivity contribution in [2.45, 2.75) is 13.5 Å². The van der Waals surface area contributed by atoms with Crippen molar-refractivity contribution in [3.63, 3.8) is 0 Å². The van der Waals surface area contributed by atoms with Crippen molar-refractivity contribution in [3.05, 3.63) is 47.3 Å². The van der Waals surface area contributed by atoms with Gasteiger partial charge in [-0.2, -0.15) is 5.10 Å². The number of carbonyl (C=O) groups excluding carboxylic acids is 1. The first-order valence-electron chi connectivity index (χ1n) is 6.01. The summed E-state index contributed by atoms with van der Waals surface area (Å²) in [5.74, 6) is -0.332. The molecule has 5 nitrogen and oxygen atoms in total. The van der Waals surface area contributed by atoms with E-state index in [1.165, 1.54) is 7.11 Å². The lowest BCUT2D eigenvalue weighted by molar-refractivity contribution is 0.0601. The van der Waals surface area contributed by atoms with Crippen LogP contribution in [0.15, 0.2) is 30.5 Å². The fourth-order valence-corrected chi connectivity index (χ4v) is 1.89. The van der Waals surface area contributed by atoms with Crippen LogP contribution in [0, 0.1) is 6.92 Å². The number of carbonyl (C=O) groups is 1. The van der Waals surface area contributed by atoms with E-state index in [0.29, 0.717) is 12.1 Å². The van der Waals surface area contributed by atoms with Gasteiger partial charge in [0.15, 0.2) is 0 Å². The lowest BCUT2D eigenvalue weighted by Gasteiger charge is -2.07. The standard InChI is InChI=1S/C14H17N3O2/c1-10-12(9-17(2)16-10)8-15-13-6-4-5-11(7-13)14(18)19-3/h4-7,9,15H,8H2,1-3H3. The summed E-state index contributed by atoms with van der Waals surface area (Å²) in [6.45, 7) is 2.65. The first kappa shape index (κ1) is 13.1. The van der Waals surface area contributed by atoms with Gasteiger partial charge in [-0.05, 0) is 25.1 Å². The highest BCUT2D eigenvalue weighted by atomic mass is 16.5. The number of anilines is 1. The van der Waals surface area contributed by atoms with Gasteiger partial charge < -0.3 is 10.1 Å². The predicted octanol–water partition coefficient (Wildman–Crippen LogP) is 2.13. The van der Waals surface area contributed by atoms with Crippen molar-refractivity contribution in [2.24, 2.45) is 7.05 Å². The zero-order valence-corrected chi connectivity index (χ0v) is 11.3. The number of hydrogen-bond acceptors (Lipinski definition) is 4. The molecule has 0 fully saturated rings. The molecule has 1 heterocycles. The molecule has 5 heteroatoms. The zero-order chi connectivity index (χ0) is 13.8. The number of aromatic nitrogens is 2. The molecule has 0 spiro atoms. The molecule has 1 aromatic heterocycles. The van der Waals surface area contributed by atoms with Gasteiger partial charge in [0.05, 0.1) is 18.4 Å². The van der Waals surface area contributed by atoms with Gasteiger partial charge in [-0.1, -0.05) is 6.07 Å². The van der Waals surface area contributed by atoms with Crippen LogP contribution in [-0.2, 0) is 18.3 Å². The highest BCUT2D eigenvalue weighted by Crippen LogP contribution is 2.14. The number of nitrogens with zero attached hydrogens (tertiary/aromatic N) is 2. The van der Waals surface area contributed by atoms with E-state index in [1.54, 1.807) is 16.8 Å². The van der Waals surface area contributed by atoms with Gasteiger partial charge >= 0.3 is 5.97 Å². The molecule has 0 bridgehead atoms. The molecule has 0 amide bonds. The second-order valence-corrected chi connectivity index (χ2v) is 4.34. The second-order valence-electron chi connectivity index (χ2n) is 4.34. The maximum atomic E-state index is 11.4. The molecule has 1 aromatic carbocycles. The van der Waals surface area contributed by atoms with Crippen molar-refractivity contribution >= 4 is 11.7 Å². The van der Waals surface area contributed by atoms with E-state index in [1.807, 2.05) is 32.3 Å². The minimum absolute atomic E-state index is 0.332. The fraction of sp³-hybridized carbons (Fsp3) is 0.286. The molecule has 1 N–H and O–H groups in total. The fourth-order valence-electron chi connectivity index (χ4n) is 1.89. The van der Waals surface area contributed by atoms with Gasteiger partial charge in [-0.15, -0.1) is 0 Å². The molecule has 0 saturated carbocycles. The molecule has 0 radical (unpaired) electrons. The zero-order valence-electron chi connectivity index (χ0n) is 11.3. The second kappa shape index (κ2) is 5.56. The Morgan fingerprint density at radius 2 is 2.26 bits per heavy atom. The third kappa shape index (κ3) is 3.13. The average Bonchev–Trinajstić information content (AvgIpc) is 2.74. The lowest BCUT2D eigenvalue weighted by atomic mass is 10.2. The summed E-state index contributed by atoms with van der Waals surface area (Å²) in [7, 11) is 3.27. The lowest BCUT2D eigenvalue weighted by Crippen LogP contribution is -2.04. The van der Waals surface area contributed by atoms with Gasteiger partial charge in [0, 0.05) is 31.0 Å². The largest absolute Gasteiger partial charge is 0.465 e. The van der Waals surface area contributed by atoms with Crippen LogP contribution in [0.5, 0.6) is 0 Å². The maximum absolute atomic E-state index is 11.4. The van der Waals surface area contributed by atoms with Crippen LogP contribution in [0.3, 0.4) is 0 Å².